The fourth-order valence-corrected chi connectivity index (χ4v) is 3.38. The second-order valence-electron chi connectivity index (χ2n) is 5.94. The van der Waals surface area contributed by atoms with Crippen molar-refractivity contribution in [3.05, 3.63) is 59.1 Å². The van der Waals surface area contributed by atoms with Gasteiger partial charge in [0.1, 0.15) is 11.6 Å². The lowest BCUT2D eigenvalue weighted by atomic mass is 10.2. The SMILES string of the molecule is CNC(=O)c1cccc(NC(=O)COC(=O)COCc2nc3ccccc3s2)c1. The zero-order chi connectivity index (χ0) is 20.6. The Bertz CT molecular complexity index is 1000. The molecule has 0 saturated heterocycles. The normalized spacial score (nSPS) is 10.5. The molecule has 1 heterocycles. The average Bonchev–Trinajstić information content (AvgIpc) is 3.14. The van der Waals surface area contributed by atoms with E-state index in [4.69, 9.17) is 9.47 Å². The van der Waals surface area contributed by atoms with Gasteiger partial charge in [-0.25, -0.2) is 9.78 Å². The highest BCUT2D eigenvalue weighted by Crippen LogP contribution is 2.21. The van der Waals surface area contributed by atoms with E-state index in [0.717, 1.165) is 15.2 Å². The Morgan fingerprint density at radius 1 is 1.07 bits per heavy atom. The van der Waals surface area contributed by atoms with Crippen LogP contribution in [0.5, 0.6) is 0 Å². The molecule has 0 saturated carbocycles. The van der Waals surface area contributed by atoms with Crippen LogP contribution in [0.15, 0.2) is 48.5 Å². The van der Waals surface area contributed by atoms with E-state index in [1.54, 1.807) is 18.2 Å². The highest BCUT2D eigenvalue weighted by molar-refractivity contribution is 7.18. The summed E-state index contributed by atoms with van der Waals surface area (Å²) >= 11 is 1.49. The van der Waals surface area contributed by atoms with Crippen LogP contribution >= 0.6 is 11.3 Å². The lowest BCUT2D eigenvalue weighted by molar-refractivity contribution is -0.152. The van der Waals surface area contributed by atoms with Gasteiger partial charge in [-0.3, -0.25) is 9.59 Å². The molecule has 0 fully saturated rings. The summed E-state index contributed by atoms with van der Waals surface area (Å²) in [5.41, 5.74) is 1.72. The van der Waals surface area contributed by atoms with Crippen molar-refractivity contribution in [3.63, 3.8) is 0 Å². The average molecular weight is 413 g/mol. The van der Waals surface area contributed by atoms with Crippen molar-refractivity contribution in [2.75, 3.05) is 25.6 Å². The van der Waals surface area contributed by atoms with Gasteiger partial charge in [0, 0.05) is 18.3 Å². The van der Waals surface area contributed by atoms with E-state index in [1.807, 2.05) is 24.3 Å². The number of anilines is 1. The van der Waals surface area contributed by atoms with Gasteiger partial charge in [0.2, 0.25) is 0 Å². The number of fused-ring (bicyclic) bond motifs is 1. The quantitative estimate of drug-likeness (QED) is 0.549. The lowest BCUT2D eigenvalue weighted by Crippen LogP contribution is -2.23. The Morgan fingerprint density at radius 3 is 2.69 bits per heavy atom. The van der Waals surface area contributed by atoms with Gasteiger partial charge in [-0.1, -0.05) is 18.2 Å². The van der Waals surface area contributed by atoms with Gasteiger partial charge in [-0.05, 0) is 30.3 Å². The number of esters is 1. The Morgan fingerprint density at radius 2 is 1.90 bits per heavy atom. The summed E-state index contributed by atoms with van der Waals surface area (Å²) in [6.45, 7) is -0.546. The molecule has 0 bridgehead atoms. The number of rotatable bonds is 8. The molecule has 3 aromatic rings. The molecule has 3 rings (SSSR count). The predicted molar refractivity (Wildman–Crippen MR) is 109 cm³/mol. The first-order valence-corrected chi connectivity index (χ1v) is 9.56. The van der Waals surface area contributed by atoms with Crippen molar-refractivity contribution in [3.8, 4) is 0 Å². The Labute approximate surface area is 170 Å². The molecule has 0 aliphatic rings. The summed E-state index contributed by atoms with van der Waals surface area (Å²) < 4.78 is 11.3. The van der Waals surface area contributed by atoms with Crippen molar-refractivity contribution in [2.45, 2.75) is 6.61 Å². The molecule has 150 valence electrons. The number of thiazole rings is 1. The second-order valence-corrected chi connectivity index (χ2v) is 7.05. The highest BCUT2D eigenvalue weighted by Gasteiger charge is 2.11. The van der Waals surface area contributed by atoms with Crippen LogP contribution in [0.25, 0.3) is 10.2 Å². The number of ether oxygens (including phenoxy) is 2. The summed E-state index contributed by atoms with van der Waals surface area (Å²) in [7, 11) is 1.52. The Hall–Kier alpha value is -3.30. The topological polar surface area (TPSA) is 107 Å². The maximum absolute atomic E-state index is 11.9. The van der Waals surface area contributed by atoms with E-state index < -0.39 is 18.5 Å². The van der Waals surface area contributed by atoms with Crippen LogP contribution < -0.4 is 10.6 Å². The van der Waals surface area contributed by atoms with Gasteiger partial charge in [0.25, 0.3) is 11.8 Å². The molecule has 2 amide bonds. The first kappa shape index (κ1) is 20.4. The minimum absolute atomic E-state index is 0.187. The van der Waals surface area contributed by atoms with E-state index in [0.29, 0.717) is 11.3 Å². The standard InChI is InChI=1S/C20H19N3O5S/c1-21-20(26)13-5-4-6-14(9-13)22-17(24)10-28-19(25)12-27-11-18-23-15-7-2-3-8-16(15)29-18/h2-9H,10-12H2,1H3,(H,21,26)(H,22,24). The van der Waals surface area contributed by atoms with E-state index in [-0.39, 0.29) is 19.1 Å². The first-order valence-electron chi connectivity index (χ1n) is 8.75. The Balaban J connectivity index is 1.39. The number of aromatic nitrogens is 1. The van der Waals surface area contributed by atoms with Crippen molar-refractivity contribution in [1.82, 2.24) is 10.3 Å². The summed E-state index contributed by atoms with van der Waals surface area (Å²) in [6.07, 6.45) is 0. The number of hydrogen-bond donors (Lipinski definition) is 2. The van der Waals surface area contributed by atoms with E-state index in [1.165, 1.54) is 24.5 Å². The molecule has 2 N–H and O–H groups in total. The molecule has 0 aliphatic carbocycles. The van der Waals surface area contributed by atoms with Crippen molar-refractivity contribution >= 4 is 45.0 Å². The maximum atomic E-state index is 11.9. The second kappa shape index (κ2) is 9.76. The van der Waals surface area contributed by atoms with Crippen LogP contribution in [0, 0.1) is 0 Å². The molecular weight excluding hydrogens is 394 g/mol. The van der Waals surface area contributed by atoms with Gasteiger partial charge in [-0.15, -0.1) is 11.3 Å². The third kappa shape index (κ3) is 5.84. The van der Waals surface area contributed by atoms with E-state index in [9.17, 15) is 14.4 Å². The monoisotopic (exact) mass is 413 g/mol. The van der Waals surface area contributed by atoms with Crippen molar-refractivity contribution < 1.29 is 23.9 Å². The Kier molecular flexibility index (Phi) is 6.88. The third-order valence-electron chi connectivity index (χ3n) is 3.78. The summed E-state index contributed by atoms with van der Waals surface area (Å²) in [4.78, 5) is 39.7. The van der Waals surface area contributed by atoms with Crippen LogP contribution in [0.3, 0.4) is 0 Å². The van der Waals surface area contributed by atoms with E-state index in [2.05, 4.69) is 15.6 Å². The van der Waals surface area contributed by atoms with Crippen LogP contribution in [-0.4, -0.2) is 43.0 Å². The van der Waals surface area contributed by atoms with Crippen LogP contribution in [0.4, 0.5) is 5.69 Å². The number of nitrogens with zero attached hydrogens (tertiary/aromatic N) is 1. The molecule has 0 aliphatic heterocycles. The molecule has 0 atom stereocenters. The molecule has 1 aromatic heterocycles. The van der Waals surface area contributed by atoms with Crippen molar-refractivity contribution in [2.24, 2.45) is 0 Å². The summed E-state index contributed by atoms with van der Waals surface area (Å²) in [5, 5.41) is 5.83. The zero-order valence-electron chi connectivity index (χ0n) is 15.6. The number of benzene rings is 2. The minimum Gasteiger partial charge on any atom is -0.454 e. The van der Waals surface area contributed by atoms with Crippen molar-refractivity contribution in [1.29, 1.82) is 0 Å². The van der Waals surface area contributed by atoms with Gasteiger partial charge < -0.3 is 20.1 Å². The summed E-state index contributed by atoms with van der Waals surface area (Å²) in [5.74, 6) is -1.43. The van der Waals surface area contributed by atoms with Gasteiger partial charge in [0.15, 0.2) is 6.61 Å². The summed E-state index contributed by atoms with van der Waals surface area (Å²) in [6, 6.07) is 14.1. The number of nitrogens with one attached hydrogen (secondary N) is 2. The zero-order valence-corrected chi connectivity index (χ0v) is 16.5. The molecule has 9 heteroatoms. The van der Waals surface area contributed by atoms with Crippen LogP contribution in [-0.2, 0) is 25.7 Å². The lowest BCUT2D eigenvalue weighted by Gasteiger charge is -2.08. The molecule has 29 heavy (non-hydrogen) atoms. The number of hydrogen-bond acceptors (Lipinski definition) is 7. The fraction of sp³-hybridized carbons (Fsp3) is 0.200. The number of para-hydroxylation sites is 1. The molecule has 0 spiro atoms. The molecular formula is C20H19N3O5S. The smallest absolute Gasteiger partial charge is 0.332 e. The molecule has 0 unspecified atom stereocenters. The molecule has 2 aromatic carbocycles. The number of amides is 2. The minimum atomic E-state index is -0.652. The van der Waals surface area contributed by atoms with Gasteiger partial charge >= 0.3 is 5.97 Å². The predicted octanol–water partition coefficient (Wildman–Crippen LogP) is 2.35. The number of carbonyl (C=O) groups is 3. The molecule has 8 nitrogen and oxygen atoms in total. The van der Waals surface area contributed by atoms with E-state index >= 15 is 0 Å². The third-order valence-corrected chi connectivity index (χ3v) is 4.79. The van der Waals surface area contributed by atoms with Gasteiger partial charge in [0.05, 0.1) is 16.8 Å². The highest BCUT2D eigenvalue weighted by atomic mass is 32.1. The first-order chi connectivity index (χ1) is 14.0. The van der Waals surface area contributed by atoms with Crippen LogP contribution in [0.1, 0.15) is 15.4 Å². The largest absolute Gasteiger partial charge is 0.454 e. The van der Waals surface area contributed by atoms with Gasteiger partial charge in [-0.2, -0.15) is 0 Å². The molecule has 0 radical (unpaired) electrons. The fourth-order valence-electron chi connectivity index (χ4n) is 2.47. The maximum Gasteiger partial charge on any atom is 0.332 e. The van der Waals surface area contributed by atoms with Crippen LogP contribution in [0.2, 0.25) is 0 Å². The number of carbonyl (C=O) groups excluding carboxylic acids is 3.